The number of carbonyl (C=O) groups excluding carboxylic acids is 1. The van der Waals surface area contributed by atoms with Gasteiger partial charge in [0.1, 0.15) is 5.69 Å². The Bertz CT molecular complexity index is 899. The molecule has 4 rings (SSSR count). The van der Waals surface area contributed by atoms with Gasteiger partial charge in [-0.3, -0.25) is 9.48 Å². The molecule has 2 aromatic carbocycles. The Kier molecular flexibility index (Phi) is 5.03. The summed E-state index contributed by atoms with van der Waals surface area (Å²) >= 11 is 0. The first kappa shape index (κ1) is 17.5. The summed E-state index contributed by atoms with van der Waals surface area (Å²) in [7, 11) is 1.89. The summed E-state index contributed by atoms with van der Waals surface area (Å²) in [5.74, 6) is 0.0295. The van der Waals surface area contributed by atoms with E-state index in [1.807, 2.05) is 71.4 Å². The predicted octanol–water partition coefficient (Wildman–Crippen LogP) is 3.03. The maximum atomic E-state index is 13.2. The highest BCUT2D eigenvalue weighted by molar-refractivity contribution is 5.99. The average Bonchev–Trinajstić information content (AvgIpc) is 3.39. The normalized spacial score (nSPS) is 16.4. The zero-order valence-electron chi connectivity index (χ0n) is 15.5. The van der Waals surface area contributed by atoms with Gasteiger partial charge >= 0.3 is 0 Å². The highest BCUT2D eigenvalue weighted by Crippen LogP contribution is 2.24. The standard InChI is InChI=1S/C22H24N4O/c1-25(19-12-13-23-14-19)22(27)20-16-26(15-17-8-4-2-5-9-17)24-21(20)18-10-6-3-7-11-18/h2-11,16,19,23H,12-15H2,1H3. The van der Waals surface area contributed by atoms with Crippen molar-refractivity contribution in [1.82, 2.24) is 20.0 Å². The zero-order chi connectivity index (χ0) is 18.6. The number of rotatable bonds is 5. The fourth-order valence-electron chi connectivity index (χ4n) is 3.56. The van der Waals surface area contributed by atoms with Crippen LogP contribution in [0, 0.1) is 0 Å². The lowest BCUT2D eigenvalue weighted by atomic mass is 10.1. The summed E-state index contributed by atoms with van der Waals surface area (Å²) in [6.45, 7) is 2.45. The van der Waals surface area contributed by atoms with Gasteiger partial charge in [-0.2, -0.15) is 5.10 Å². The van der Waals surface area contributed by atoms with Crippen molar-refractivity contribution in [2.75, 3.05) is 20.1 Å². The van der Waals surface area contributed by atoms with Crippen LogP contribution in [0.1, 0.15) is 22.3 Å². The van der Waals surface area contributed by atoms with Crippen molar-refractivity contribution in [2.24, 2.45) is 0 Å². The van der Waals surface area contributed by atoms with Crippen LogP contribution < -0.4 is 5.32 Å². The van der Waals surface area contributed by atoms with Crippen molar-refractivity contribution in [1.29, 1.82) is 0 Å². The van der Waals surface area contributed by atoms with E-state index in [0.29, 0.717) is 12.1 Å². The van der Waals surface area contributed by atoms with Crippen LogP contribution in [0.2, 0.25) is 0 Å². The first-order valence-electron chi connectivity index (χ1n) is 9.37. The Hall–Kier alpha value is -2.92. The highest BCUT2D eigenvalue weighted by Gasteiger charge is 2.27. The van der Waals surface area contributed by atoms with Crippen LogP contribution in [0.15, 0.2) is 66.9 Å². The second kappa shape index (κ2) is 7.76. The van der Waals surface area contributed by atoms with Crippen molar-refractivity contribution < 1.29 is 4.79 Å². The highest BCUT2D eigenvalue weighted by atomic mass is 16.2. The third kappa shape index (κ3) is 3.78. The summed E-state index contributed by atoms with van der Waals surface area (Å²) < 4.78 is 1.87. The van der Waals surface area contributed by atoms with E-state index in [-0.39, 0.29) is 11.9 Å². The molecule has 1 N–H and O–H groups in total. The minimum atomic E-state index is 0.0295. The molecule has 1 unspecified atom stereocenters. The van der Waals surface area contributed by atoms with Crippen LogP contribution in [0.3, 0.4) is 0 Å². The topological polar surface area (TPSA) is 50.2 Å². The molecule has 1 saturated heterocycles. The van der Waals surface area contributed by atoms with Gasteiger partial charge in [-0.1, -0.05) is 60.7 Å². The number of hydrogen-bond donors (Lipinski definition) is 1. The zero-order valence-corrected chi connectivity index (χ0v) is 15.5. The van der Waals surface area contributed by atoms with Crippen LogP contribution in [0.5, 0.6) is 0 Å². The van der Waals surface area contributed by atoms with Crippen LogP contribution in [-0.4, -0.2) is 46.8 Å². The summed E-state index contributed by atoms with van der Waals surface area (Å²) in [6.07, 6.45) is 2.87. The summed E-state index contributed by atoms with van der Waals surface area (Å²) in [5, 5.41) is 8.09. The van der Waals surface area contributed by atoms with Crippen LogP contribution >= 0.6 is 0 Å². The minimum Gasteiger partial charge on any atom is -0.337 e. The van der Waals surface area contributed by atoms with Gasteiger partial charge in [-0.05, 0) is 18.5 Å². The van der Waals surface area contributed by atoms with Crippen molar-refractivity contribution >= 4 is 5.91 Å². The molecular weight excluding hydrogens is 336 g/mol. The smallest absolute Gasteiger partial charge is 0.257 e. The molecule has 1 fully saturated rings. The Balaban J connectivity index is 1.68. The summed E-state index contributed by atoms with van der Waals surface area (Å²) in [5.41, 5.74) is 3.53. The second-order valence-electron chi connectivity index (χ2n) is 7.00. The lowest BCUT2D eigenvalue weighted by molar-refractivity contribution is 0.0744. The van der Waals surface area contributed by atoms with Crippen molar-refractivity contribution in [3.05, 3.63) is 78.0 Å². The number of nitrogens with one attached hydrogen (secondary N) is 1. The second-order valence-corrected chi connectivity index (χ2v) is 7.00. The van der Waals surface area contributed by atoms with E-state index in [0.717, 1.165) is 36.3 Å². The molecule has 0 radical (unpaired) electrons. The molecule has 3 aromatic rings. The largest absolute Gasteiger partial charge is 0.337 e. The molecular formula is C22H24N4O. The van der Waals surface area contributed by atoms with Gasteiger partial charge in [0, 0.05) is 31.4 Å². The van der Waals surface area contributed by atoms with Gasteiger partial charge in [-0.25, -0.2) is 0 Å². The van der Waals surface area contributed by atoms with Gasteiger partial charge in [0.2, 0.25) is 0 Å². The maximum absolute atomic E-state index is 13.2. The number of benzene rings is 2. The molecule has 1 amide bonds. The molecule has 5 nitrogen and oxygen atoms in total. The number of nitrogens with zero attached hydrogens (tertiary/aromatic N) is 3. The summed E-state index contributed by atoms with van der Waals surface area (Å²) in [4.78, 5) is 15.1. The molecule has 1 aliphatic heterocycles. The fourth-order valence-corrected chi connectivity index (χ4v) is 3.56. The van der Waals surface area contributed by atoms with Gasteiger partial charge < -0.3 is 10.2 Å². The molecule has 138 valence electrons. The van der Waals surface area contributed by atoms with Gasteiger partial charge in [0.25, 0.3) is 5.91 Å². The summed E-state index contributed by atoms with van der Waals surface area (Å²) in [6, 6.07) is 20.3. The number of hydrogen-bond acceptors (Lipinski definition) is 3. The molecule has 0 aliphatic carbocycles. The van der Waals surface area contributed by atoms with E-state index in [1.54, 1.807) is 0 Å². The maximum Gasteiger partial charge on any atom is 0.257 e. The van der Waals surface area contributed by atoms with E-state index in [4.69, 9.17) is 5.10 Å². The quantitative estimate of drug-likeness (QED) is 0.761. The third-order valence-corrected chi connectivity index (χ3v) is 5.13. The van der Waals surface area contributed by atoms with Gasteiger partial charge in [0.15, 0.2) is 0 Å². The monoisotopic (exact) mass is 360 g/mol. The van der Waals surface area contributed by atoms with E-state index < -0.39 is 0 Å². The van der Waals surface area contributed by atoms with Crippen molar-refractivity contribution in [3.8, 4) is 11.3 Å². The molecule has 0 bridgehead atoms. The van der Waals surface area contributed by atoms with Crippen molar-refractivity contribution in [2.45, 2.75) is 19.0 Å². The van der Waals surface area contributed by atoms with E-state index in [1.165, 1.54) is 0 Å². The molecule has 5 heteroatoms. The van der Waals surface area contributed by atoms with Gasteiger partial charge in [0.05, 0.1) is 12.1 Å². The molecule has 2 heterocycles. The Morgan fingerprint density at radius 2 is 1.85 bits per heavy atom. The van der Waals surface area contributed by atoms with E-state index in [2.05, 4.69) is 17.4 Å². The number of aromatic nitrogens is 2. The van der Waals surface area contributed by atoms with E-state index >= 15 is 0 Å². The SMILES string of the molecule is CN(C(=O)c1cn(Cc2ccccc2)nc1-c1ccccc1)C1CCNC1. The van der Waals surface area contributed by atoms with Crippen molar-refractivity contribution in [3.63, 3.8) is 0 Å². The Morgan fingerprint density at radius 1 is 1.15 bits per heavy atom. The lowest BCUT2D eigenvalue weighted by Gasteiger charge is -2.23. The minimum absolute atomic E-state index is 0.0295. The van der Waals surface area contributed by atoms with Gasteiger partial charge in [-0.15, -0.1) is 0 Å². The van der Waals surface area contributed by atoms with Crippen LogP contribution in [-0.2, 0) is 6.54 Å². The Morgan fingerprint density at radius 3 is 2.52 bits per heavy atom. The number of carbonyl (C=O) groups is 1. The van der Waals surface area contributed by atoms with E-state index in [9.17, 15) is 4.79 Å². The molecule has 0 saturated carbocycles. The Labute approximate surface area is 159 Å². The average molecular weight is 360 g/mol. The molecule has 27 heavy (non-hydrogen) atoms. The molecule has 1 aliphatic rings. The third-order valence-electron chi connectivity index (χ3n) is 5.13. The molecule has 1 aromatic heterocycles. The first-order valence-corrected chi connectivity index (χ1v) is 9.37. The molecule has 1 atom stereocenters. The predicted molar refractivity (Wildman–Crippen MR) is 107 cm³/mol. The molecule has 0 spiro atoms. The number of likely N-dealkylation sites (N-methyl/N-ethyl adjacent to an activating group) is 1. The van der Waals surface area contributed by atoms with Crippen LogP contribution in [0.25, 0.3) is 11.3 Å². The van der Waals surface area contributed by atoms with Crippen LogP contribution in [0.4, 0.5) is 0 Å². The fraction of sp³-hybridized carbons (Fsp3) is 0.273. The number of amides is 1. The lowest BCUT2D eigenvalue weighted by Crippen LogP contribution is -2.38. The first-order chi connectivity index (χ1) is 13.2.